The van der Waals surface area contributed by atoms with Crippen molar-refractivity contribution >= 4 is 30.7 Å². The van der Waals surface area contributed by atoms with Crippen molar-refractivity contribution in [1.29, 1.82) is 0 Å². The normalized spacial score (nSPS) is 16.3. The van der Waals surface area contributed by atoms with Crippen LogP contribution in [0.5, 0.6) is 0 Å². The van der Waals surface area contributed by atoms with Gasteiger partial charge in [0.15, 0.2) is 0 Å². The van der Waals surface area contributed by atoms with Gasteiger partial charge in [-0.15, -0.1) is 11.3 Å². The van der Waals surface area contributed by atoms with Crippen molar-refractivity contribution < 1.29 is 9.90 Å². The molecule has 2 radical (unpaired) electrons. The van der Waals surface area contributed by atoms with Crippen molar-refractivity contribution in [2.75, 3.05) is 0 Å². The van der Waals surface area contributed by atoms with E-state index in [0.29, 0.717) is 5.92 Å². The van der Waals surface area contributed by atoms with E-state index in [1.807, 2.05) is 0 Å². The molecule has 1 aromatic rings. The number of hydrogen-bond donors (Lipinski definition) is 1. The number of aromatic carboxylic acids is 1. The van der Waals surface area contributed by atoms with Gasteiger partial charge < -0.3 is 5.11 Å². The summed E-state index contributed by atoms with van der Waals surface area (Å²) in [6, 6.07) is 0. The predicted molar refractivity (Wildman–Crippen MR) is 46.4 cm³/mol. The lowest BCUT2D eigenvalue weighted by molar-refractivity contribution is 0.0703. The van der Waals surface area contributed by atoms with E-state index < -0.39 is 5.97 Å². The number of carbonyl (C=O) groups is 1. The third-order valence-corrected chi connectivity index (χ3v) is 3.01. The molecule has 0 saturated heterocycles. The SMILES string of the molecule is [B]c1nc(C2CC2)sc1C(=O)O. The zero-order chi connectivity index (χ0) is 8.72. The van der Waals surface area contributed by atoms with Crippen molar-refractivity contribution in [2.24, 2.45) is 0 Å². The zero-order valence-electron chi connectivity index (χ0n) is 6.28. The number of rotatable bonds is 2. The number of hydrogen-bond acceptors (Lipinski definition) is 3. The number of carboxylic acid groups (broad SMARTS) is 1. The largest absolute Gasteiger partial charge is 0.477 e. The van der Waals surface area contributed by atoms with Gasteiger partial charge in [0.05, 0.1) is 5.01 Å². The van der Waals surface area contributed by atoms with Gasteiger partial charge in [0.1, 0.15) is 12.7 Å². The maximum Gasteiger partial charge on any atom is 0.346 e. The Hall–Kier alpha value is -0.835. The molecule has 1 fully saturated rings. The van der Waals surface area contributed by atoms with Crippen molar-refractivity contribution in [3.05, 3.63) is 9.88 Å². The highest BCUT2D eigenvalue weighted by molar-refractivity contribution is 7.14. The van der Waals surface area contributed by atoms with E-state index in [1.54, 1.807) is 0 Å². The van der Waals surface area contributed by atoms with Crippen LogP contribution in [0.2, 0.25) is 0 Å². The van der Waals surface area contributed by atoms with Gasteiger partial charge >= 0.3 is 5.97 Å². The number of nitrogens with zero attached hydrogens (tertiary/aromatic N) is 1. The Morgan fingerprint density at radius 3 is 2.75 bits per heavy atom. The van der Waals surface area contributed by atoms with E-state index in [-0.39, 0.29) is 10.5 Å². The van der Waals surface area contributed by atoms with Gasteiger partial charge in [0.2, 0.25) is 0 Å². The van der Waals surface area contributed by atoms with Gasteiger partial charge in [-0.2, -0.15) is 0 Å². The Morgan fingerprint density at radius 2 is 2.33 bits per heavy atom. The molecule has 1 aliphatic carbocycles. The van der Waals surface area contributed by atoms with Crippen LogP contribution in [-0.4, -0.2) is 23.9 Å². The molecule has 1 N–H and O–H groups in total. The van der Waals surface area contributed by atoms with Crippen LogP contribution in [-0.2, 0) is 0 Å². The molecule has 1 aromatic heterocycles. The maximum atomic E-state index is 10.6. The topological polar surface area (TPSA) is 50.2 Å². The molecule has 0 unspecified atom stereocenters. The van der Waals surface area contributed by atoms with Crippen LogP contribution >= 0.6 is 11.3 Å². The average molecular weight is 179 g/mol. The van der Waals surface area contributed by atoms with Gasteiger partial charge in [0.25, 0.3) is 0 Å². The van der Waals surface area contributed by atoms with Crippen LogP contribution in [0.15, 0.2) is 0 Å². The molecule has 1 heterocycles. The van der Waals surface area contributed by atoms with Crippen LogP contribution in [0.4, 0.5) is 0 Å². The smallest absolute Gasteiger partial charge is 0.346 e. The molecular formula is C7H6BNO2S. The van der Waals surface area contributed by atoms with Crippen molar-refractivity contribution in [3.63, 3.8) is 0 Å². The quantitative estimate of drug-likeness (QED) is 0.673. The fourth-order valence-corrected chi connectivity index (χ4v) is 2.00. The Bertz CT molecular complexity index is 332. The van der Waals surface area contributed by atoms with Crippen LogP contribution in [0, 0.1) is 0 Å². The number of aromatic nitrogens is 1. The number of carboxylic acids is 1. The highest BCUT2D eigenvalue weighted by Crippen LogP contribution is 2.41. The summed E-state index contributed by atoms with van der Waals surface area (Å²) < 4.78 is 0. The second-order valence-electron chi connectivity index (χ2n) is 2.85. The van der Waals surface area contributed by atoms with Crippen LogP contribution in [0.3, 0.4) is 0 Å². The van der Waals surface area contributed by atoms with E-state index in [0.717, 1.165) is 17.8 Å². The van der Waals surface area contributed by atoms with Crippen molar-refractivity contribution in [2.45, 2.75) is 18.8 Å². The molecule has 0 aromatic carbocycles. The minimum absolute atomic E-state index is 0.161. The monoisotopic (exact) mass is 179 g/mol. The minimum Gasteiger partial charge on any atom is -0.477 e. The Morgan fingerprint density at radius 1 is 1.67 bits per heavy atom. The minimum atomic E-state index is -0.975. The van der Waals surface area contributed by atoms with E-state index >= 15 is 0 Å². The van der Waals surface area contributed by atoms with Crippen LogP contribution < -0.4 is 5.59 Å². The molecule has 60 valence electrons. The maximum absolute atomic E-state index is 10.6. The van der Waals surface area contributed by atoms with E-state index in [9.17, 15) is 4.79 Å². The van der Waals surface area contributed by atoms with Gasteiger partial charge in [0, 0.05) is 11.5 Å². The second kappa shape index (κ2) is 2.59. The third-order valence-electron chi connectivity index (χ3n) is 1.79. The fraction of sp³-hybridized carbons (Fsp3) is 0.429. The molecule has 2 rings (SSSR count). The Labute approximate surface area is 74.9 Å². The molecule has 0 amide bonds. The standard InChI is InChI=1S/C7H6BNO2S/c8-5-4(7(10)11)12-6(9-5)3-1-2-3/h3H,1-2H2,(H,10,11). The van der Waals surface area contributed by atoms with Crippen LogP contribution in [0.25, 0.3) is 0 Å². The molecule has 0 aliphatic heterocycles. The highest BCUT2D eigenvalue weighted by Gasteiger charge is 2.28. The summed E-state index contributed by atoms with van der Waals surface area (Å²) in [4.78, 5) is 14.8. The average Bonchev–Trinajstić information content (AvgIpc) is 2.75. The lowest BCUT2D eigenvalue weighted by Crippen LogP contribution is -2.13. The third kappa shape index (κ3) is 1.24. The number of thiazole rings is 1. The lowest BCUT2D eigenvalue weighted by atomic mass is 10.0. The van der Waals surface area contributed by atoms with E-state index in [1.165, 1.54) is 11.3 Å². The molecule has 3 nitrogen and oxygen atoms in total. The zero-order valence-corrected chi connectivity index (χ0v) is 7.10. The van der Waals surface area contributed by atoms with Gasteiger partial charge in [-0.25, -0.2) is 4.79 Å². The molecule has 1 saturated carbocycles. The first-order valence-corrected chi connectivity index (χ1v) is 4.49. The Balaban J connectivity index is 2.36. The summed E-state index contributed by atoms with van der Waals surface area (Å²) in [5, 5.41) is 9.55. The first-order chi connectivity index (χ1) is 5.68. The van der Waals surface area contributed by atoms with E-state index in [2.05, 4.69) is 4.98 Å². The second-order valence-corrected chi connectivity index (χ2v) is 3.88. The highest BCUT2D eigenvalue weighted by atomic mass is 32.1. The summed E-state index contributed by atoms with van der Waals surface area (Å²) in [7, 11) is 5.43. The summed E-state index contributed by atoms with van der Waals surface area (Å²) >= 11 is 1.20. The fourth-order valence-electron chi connectivity index (χ4n) is 1.01. The molecule has 1 aliphatic rings. The molecule has 0 spiro atoms. The molecule has 5 heteroatoms. The summed E-state index contributed by atoms with van der Waals surface area (Å²) in [5.41, 5.74) is 0.161. The summed E-state index contributed by atoms with van der Waals surface area (Å²) in [5.74, 6) is -0.498. The van der Waals surface area contributed by atoms with Crippen molar-refractivity contribution in [1.82, 2.24) is 4.98 Å². The van der Waals surface area contributed by atoms with Crippen molar-refractivity contribution in [3.8, 4) is 0 Å². The van der Waals surface area contributed by atoms with E-state index in [4.69, 9.17) is 13.0 Å². The summed E-state index contributed by atoms with van der Waals surface area (Å²) in [6.07, 6.45) is 2.23. The summed E-state index contributed by atoms with van der Waals surface area (Å²) in [6.45, 7) is 0. The Kier molecular flexibility index (Phi) is 1.68. The van der Waals surface area contributed by atoms with Gasteiger partial charge in [-0.3, -0.25) is 4.98 Å². The molecule has 0 atom stereocenters. The van der Waals surface area contributed by atoms with Gasteiger partial charge in [-0.05, 0) is 12.8 Å². The molecule has 0 bridgehead atoms. The first kappa shape index (κ1) is 7.80. The lowest BCUT2D eigenvalue weighted by Gasteiger charge is -1.84. The predicted octanol–water partition coefficient (Wildman–Crippen LogP) is 0.512. The molecule has 12 heavy (non-hydrogen) atoms. The molecular weight excluding hydrogens is 173 g/mol. The van der Waals surface area contributed by atoms with Crippen LogP contribution in [0.1, 0.15) is 33.4 Å². The van der Waals surface area contributed by atoms with Gasteiger partial charge in [-0.1, -0.05) is 0 Å². The first-order valence-electron chi connectivity index (χ1n) is 3.68.